The summed E-state index contributed by atoms with van der Waals surface area (Å²) in [5.41, 5.74) is 0. The molecule has 0 saturated carbocycles. The minimum absolute atomic E-state index is 0.0857. The molecule has 0 aromatic carbocycles. The Morgan fingerprint density at radius 1 is 0.276 bits per heavy atom. The topological polar surface area (TPSA) is 231 Å². The smallest absolute Gasteiger partial charge is 0.463 e. The molecule has 0 saturated heterocycles. The zero-order chi connectivity index (χ0) is 76.6. The van der Waals surface area contributed by atoms with Crippen molar-refractivity contribution in [2.45, 2.75) is 347 Å². The Bertz CT molecular complexity index is 2490. The fourth-order valence-electron chi connectivity index (χ4n) is 10.8. The first-order chi connectivity index (χ1) is 51.2. The second-order valence-corrected chi connectivity index (χ2v) is 30.1. The molecule has 0 aliphatic rings. The third-order valence-corrected chi connectivity index (χ3v) is 18.9. The molecule has 0 heterocycles. The van der Waals surface area contributed by atoms with E-state index in [-0.39, 0.29) is 19.3 Å². The summed E-state index contributed by atoms with van der Waals surface area (Å²) in [5, 5.41) is 20.7. The number of allylic oxidation sites excluding steroid dienone is 24. The third kappa shape index (κ3) is 80.3. The van der Waals surface area contributed by atoms with Gasteiger partial charge in [-0.1, -0.05) is 314 Å². The number of hydrogen-bond donors (Lipinski definition) is 4. The number of carbonyl (C=O) groups excluding carboxylic acids is 3. The molecule has 0 aliphatic carbocycles. The minimum Gasteiger partial charge on any atom is -0.463 e. The largest absolute Gasteiger partial charge is 0.472 e. The average molecular weight is 1510 g/mol. The molecule has 0 aromatic rings. The van der Waals surface area contributed by atoms with Crippen LogP contribution in [0.1, 0.15) is 329 Å². The highest BCUT2D eigenvalue weighted by Crippen LogP contribution is 2.45. The van der Waals surface area contributed by atoms with Crippen molar-refractivity contribution in [3.8, 4) is 0 Å². The maximum Gasteiger partial charge on any atom is 0.472 e. The number of hydrogen-bond acceptors (Lipinski definition) is 14. The van der Waals surface area contributed by atoms with Crippen LogP contribution >= 0.6 is 15.6 Å². The van der Waals surface area contributed by atoms with E-state index in [4.69, 9.17) is 32.3 Å². The van der Waals surface area contributed by atoms with E-state index >= 15 is 0 Å². The van der Waals surface area contributed by atoms with Crippen LogP contribution in [0.2, 0.25) is 0 Å². The quantitative estimate of drug-likeness (QED) is 0.0146. The first-order valence-corrected chi connectivity index (χ1v) is 44.1. The molecule has 602 valence electrons. The summed E-state index contributed by atoms with van der Waals surface area (Å²) in [7, 11) is -9.81. The predicted octanol–water partition coefficient (Wildman–Crippen LogP) is 24.4. The Labute approximate surface area is 638 Å². The van der Waals surface area contributed by atoms with Gasteiger partial charge in [-0.15, -0.1) is 0 Å². The van der Waals surface area contributed by atoms with E-state index in [1.54, 1.807) is 0 Å². The van der Waals surface area contributed by atoms with Crippen molar-refractivity contribution in [2.24, 2.45) is 0 Å². The molecule has 18 heteroatoms. The molecule has 5 unspecified atom stereocenters. The lowest BCUT2D eigenvalue weighted by atomic mass is 10.0. The first kappa shape index (κ1) is 100. The van der Waals surface area contributed by atoms with Gasteiger partial charge >= 0.3 is 33.6 Å². The molecule has 0 fully saturated rings. The normalized spacial score (nSPS) is 14.7. The van der Waals surface area contributed by atoms with Gasteiger partial charge in [-0.05, 0) is 141 Å². The fraction of sp³-hybridized carbons (Fsp3) is 0.690. The maximum atomic E-state index is 13.0. The van der Waals surface area contributed by atoms with Crippen molar-refractivity contribution in [3.63, 3.8) is 0 Å². The Balaban J connectivity index is 4.54. The molecule has 0 aliphatic heterocycles. The number of esters is 3. The molecule has 4 N–H and O–H groups in total. The van der Waals surface area contributed by atoms with Crippen molar-refractivity contribution in [3.05, 3.63) is 146 Å². The average Bonchev–Trinajstić information content (AvgIpc) is 0.917. The summed E-state index contributed by atoms with van der Waals surface area (Å²) in [6, 6.07) is 0. The molecule has 0 bridgehead atoms. The molecular weight excluding hydrogens is 1360 g/mol. The molecule has 0 aromatic heterocycles. The Hall–Kier alpha value is -4.57. The molecule has 105 heavy (non-hydrogen) atoms. The van der Waals surface area contributed by atoms with Crippen molar-refractivity contribution in [1.82, 2.24) is 0 Å². The summed E-state index contributed by atoms with van der Waals surface area (Å²) >= 11 is 0. The van der Waals surface area contributed by atoms with Crippen LogP contribution in [0.25, 0.3) is 0 Å². The highest BCUT2D eigenvalue weighted by atomic mass is 31.2. The van der Waals surface area contributed by atoms with Crippen molar-refractivity contribution >= 4 is 33.6 Å². The summed E-state index contributed by atoms with van der Waals surface area (Å²) in [5.74, 6) is -1.60. The van der Waals surface area contributed by atoms with Gasteiger partial charge in [0, 0.05) is 19.3 Å². The van der Waals surface area contributed by atoms with Crippen LogP contribution in [0.3, 0.4) is 0 Å². The van der Waals surface area contributed by atoms with Crippen LogP contribution in [0.4, 0.5) is 0 Å². The van der Waals surface area contributed by atoms with Crippen LogP contribution in [-0.2, 0) is 55.8 Å². The standard InChI is InChI=1S/C87H148O16P2/c1-4-7-10-13-16-19-22-25-28-31-33-35-36-37-38-39-40-41-42-43-44-46-48-50-52-55-58-61-64-67-70-73-85(90)97-76-82(88)77-99-104(93,94)100-78-83(89)79-101-105(95,96)102-81-84(103-87(92)75-72-69-66-63-60-57-54-49-30-27-24-21-18-15-12-9-6-3)80-98-86(91)74-71-68-65-62-59-56-53-51-47-45-34-32-29-26-23-20-17-14-11-8-5-2/h7,9-10,12,16-21,25-30,33-35,37-38,45,51,53,82-84,88-89H,4-6,8,11,13-15,22-24,31-32,36,39-44,46-50,52,54-81H2,1-3H3,(H,93,94)(H,95,96)/b10-7-,12-9-,19-16-,20-17-,21-18-,28-25-,29-26-,30-27-,35-33-,38-37-,45-34-,53-51-. The van der Waals surface area contributed by atoms with E-state index in [1.165, 1.54) is 103 Å². The second kappa shape index (κ2) is 79.0. The van der Waals surface area contributed by atoms with Gasteiger partial charge in [0.1, 0.15) is 25.4 Å². The Morgan fingerprint density at radius 2 is 0.505 bits per heavy atom. The van der Waals surface area contributed by atoms with Gasteiger partial charge in [0.15, 0.2) is 6.10 Å². The molecule has 0 rings (SSSR count). The van der Waals surface area contributed by atoms with Gasteiger partial charge in [-0.25, -0.2) is 9.13 Å². The SMILES string of the molecule is CC/C=C\C/C=C\C/C=C\C/C=C\C/C=C\CCCCCCCCCCCCCCCCCC(=O)OCC(O)COP(=O)(O)OCC(O)COP(=O)(O)OCC(COC(=O)CCCCCCC/C=C\C/C=C\C/C=C\C/C=C\CCCCC)OC(=O)CCCCCCCCC/C=C\C/C=C\C/C=C\CC. The van der Waals surface area contributed by atoms with Crippen LogP contribution in [0, 0.1) is 0 Å². The molecule has 0 spiro atoms. The second-order valence-electron chi connectivity index (χ2n) is 27.2. The molecule has 5 atom stereocenters. The van der Waals surface area contributed by atoms with Gasteiger partial charge in [0.25, 0.3) is 0 Å². The van der Waals surface area contributed by atoms with Crippen LogP contribution in [0.15, 0.2) is 146 Å². The van der Waals surface area contributed by atoms with Gasteiger partial charge in [-0.2, -0.15) is 0 Å². The fourth-order valence-corrected chi connectivity index (χ4v) is 12.4. The molecular formula is C87H148O16P2. The minimum atomic E-state index is -4.94. The van der Waals surface area contributed by atoms with Gasteiger partial charge in [0.05, 0.1) is 26.4 Å². The van der Waals surface area contributed by atoms with E-state index in [9.17, 15) is 43.5 Å². The molecule has 0 radical (unpaired) electrons. The van der Waals surface area contributed by atoms with E-state index in [2.05, 4.69) is 167 Å². The summed E-state index contributed by atoms with van der Waals surface area (Å²) < 4.78 is 61.2. The maximum absolute atomic E-state index is 13.0. The number of phosphoric ester groups is 2. The third-order valence-electron chi connectivity index (χ3n) is 17.0. The van der Waals surface area contributed by atoms with E-state index < -0.39 is 91.5 Å². The Kier molecular flexibility index (Phi) is 75.6. The number of phosphoric acid groups is 2. The van der Waals surface area contributed by atoms with Gasteiger partial charge in [0.2, 0.25) is 0 Å². The lowest BCUT2D eigenvalue weighted by molar-refractivity contribution is -0.161. The monoisotopic (exact) mass is 1510 g/mol. The number of ether oxygens (including phenoxy) is 3. The van der Waals surface area contributed by atoms with Crippen LogP contribution < -0.4 is 0 Å². The Morgan fingerprint density at radius 3 is 0.800 bits per heavy atom. The number of carbonyl (C=O) groups is 3. The highest BCUT2D eigenvalue weighted by molar-refractivity contribution is 7.47. The number of aliphatic hydroxyl groups excluding tert-OH is 2. The predicted molar refractivity (Wildman–Crippen MR) is 436 cm³/mol. The zero-order valence-corrected chi connectivity index (χ0v) is 67.6. The van der Waals surface area contributed by atoms with E-state index in [0.717, 1.165) is 167 Å². The van der Waals surface area contributed by atoms with E-state index in [1.807, 2.05) is 0 Å². The number of aliphatic hydroxyl groups is 2. The van der Waals surface area contributed by atoms with E-state index in [0.29, 0.717) is 19.3 Å². The lowest BCUT2D eigenvalue weighted by Crippen LogP contribution is -2.30. The zero-order valence-electron chi connectivity index (χ0n) is 65.9. The van der Waals surface area contributed by atoms with Crippen LogP contribution in [0.5, 0.6) is 0 Å². The van der Waals surface area contributed by atoms with Crippen LogP contribution in [-0.4, -0.2) is 95.9 Å². The number of rotatable bonds is 77. The van der Waals surface area contributed by atoms with Gasteiger partial charge < -0.3 is 34.2 Å². The lowest BCUT2D eigenvalue weighted by Gasteiger charge is -2.21. The summed E-state index contributed by atoms with van der Waals surface area (Å²) in [6.07, 6.45) is 97.5. The summed E-state index contributed by atoms with van der Waals surface area (Å²) in [6.45, 7) is 2.41. The number of unbranched alkanes of at least 4 members (excludes halogenated alkanes) is 30. The van der Waals surface area contributed by atoms with Gasteiger partial charge in [-0.3, -0.25) is 32.5 Å². The van der Waals surface area contributed by atoms with Crippen molar-refractivity contribution < 1.29 is 75.8 Å². The highest BCUT2D eigenvalue weighted by Gasteiger charge is 2.29. The molecule has 16 nitrogen and oxygen atoms in total. The summed E-state index contributed by atoms with van der Waals surface area (Å²) in [4.78, 5) is 58.7. The first-order valence-electron chi connectivity index (χ1n) is 41.1. The van der Waals surface area contributed by atoms with Crippen molar-refractivity contribution in [1.29, 1.82) is 0 Å². The van der Waals surface area contributed by atoms with Crippen molar-refractivity contribution in [2.75, 3.05) is 39.6 Å². The molecule has 0 amide bonds.